The van der Waals surface area contributed by atoms with E-state index in [1.165, 1.54) is 4.57 Å². The molecule has 2 N–H and O–H groups in total. The van der Waals surface area contributed by atoms with E-state index in [1.807, 2.05) is 27.0 Å². The molecule has 0 aliphatic rings. The molecule has 0 aliphatic heterocycles. The van der Waals surface area contributed by atoms with Crippen LogP contribution in [0, 0.1) is 5.41 Å². The molecule has 0 bridgehead atoms. The Morgan fingerprint density at radius 2 is 2.16 bits per heavy atom. The summed E-state index contributed by atoms with van der Waals surface area (Å²) >= 11 is 0. The van der Waals surface area contributed by atoms with Gasteiger partial charge < -0.3 is 14.8 Å². The molecule has 0 radical (unpaired) electrons. The molecule has 1 aromatic heterocycles. The van der Waals surface area contributed by atoms with Crippen LogP contribution in [0.4, 0.5) is 0 Å². The summed E-state index contributed by atoms with van der Waals surface area (Å²) in [5, 5.41) is 13.6. The number of oxazole rings is 1. The van der Waals surface area contributed by atoms with Crippen LogP contribution >= 0.6 is 0 Å². The van der Waals surface area contributed by atoms with Crippen LogP contribution in [-0.4, -0.2) is 23.3 Å². The van der Waals surface area contributed by atoms with Gasteiger partial charge in [-0.2, -0.15) is 0 Å². The first kappa shape index (κ1) is 13.8. The van der Waals surface area contributed by atoms with E-state index in [-0.39, 0.29) is 5.41 Å². The number of benzene rings is 1. The van der Waals surface area contributed by atoms with Crippen molar-refractivity contribution >= 4 is 11.1 Å². The summed E-state index contributed by atoms with van der Waals surface area (Å²) in [4.78, 5) is 11.4. The molecule has 1 heterocycles. The number of hydrogen-bond donors (Lipinski definition) is 2. The van der Waals surface area contributed by atoms with E-state index in [4.69, 9.17) is 4.42 Å². The SMILES string of the molecule is CNCC(C)(C)C(O)c1ccc2oc(=O)n(C)c2c1. The van der Waals surface area contributed by atoms with Gasteiger partial charge >= 0.3 is 5.76 Å². The van der Waals surface area contributed by atoms with Crippen molar-refractivity contribution in [1.82, 2.24) is 9.88 Å². The molecule has 5 nitrogen and oxygen atoms in total. The third kappa shape index (κ3) is 2.43. The van der Waals surface area contributed by atoms with E-state index in [2.05, 4.69) is 5.32 Å². The average molecular weight is 264 g/mol. The van der Waals surface area contributed by atoms with E-state index < -0.39 is 11.9 Å². The van der Waals surface area contributed by atoms with Crippen molar-refractivity contribution in [2.24, 2.45) is 12.5 Å². The van der Waals surface area contributed by atoms with E-state index >= 15 is 0 Å². The van der Waals surface area contributed by atoms with Crippen molar-refractivity contribution in [2.45, 2.75) is 20.0 Å². The first-order chi connectivity index (χ1) is 8.86. The van der Waals surface area contributed by atoms with Gasteiger partial charge in [-0.1, -0.05) is 19.9 Å². The Labute approximate surface area is 111 Å². The molecular formula is C14H20N2O3. The van der Waals surface area contributed by atoms with E-state index in [9.17, 15) is 9.90 Å². The van der Waals surface area contributed by atoms with Crippen molar-refractivity contribution < 1.29 is 9.52 Å². The molecule has 1 aromatic carbocycles. The van der Waals surface area contributed by atoms with Gasteiger partial charge in [0.2, 0.25) is 0 Å². The fourth-order valence-corrected chi connectivity index (χ4v) is 2.32. The minimum atomic E-state index is -0.616. The summed E-state index contributed by atoms with van der Waals surface area (Å²) in [6.45, 7) is 4.68. The highest BCUT2D eigenvalue weighted by molar-refractivity contribution is 5.73. The molecule has 2 aromatic rings. The predicted molar refractivity (Wildman–Crippen MR) is 74.1 cm³/mol. The van der Waals surface area contributed by atoms with Crippen LogP contribution in [0.1, 0.15) is 25.5 Å². The molecule has 1 unspecified atom stereocenters. The third-order valence-electron chi connectivity index (χ3n) is 3.50. The predicted octanol–water partition coefficient (Wildman–Crippen LogP) is 1.41. The molecule has 1 atom stereocenters. The van der Waals surface area contributed by atoms with Gasteiger partial charge in [0.05, 0.1) is 11.6 Å². The lowest BCUT2D eigenvalue weighted by Gasteiger charge is -2.30. The number of aliphatic hydroxyl groups is 1. The van der Waals surface area contributed by atoms with Gasteiger partial charge in [0, 0.05) is 19.0 Å². The summed E-state index contributed by atoms with van der Waals surface area (Å²) in [5.74, 6) is -0.392. The third-order valence-corrected chi connectivity index (χ3v) is 3.50. The average Bonchev–Trinajstić information content (AvgIpc) is 2.64. The highest BCUT2D eigenvalue weighted by Gasteiger charge is 2.28. The van der Waals surface area contributed by atoms with Crippen LogP contribution in [0.3, 0.4) is 0 Å². The van der Waals surface area contributed by atoms with E-state index in [0.717, 1.165) is 5.56 Å². The molecular weight excluding hydrogens is 244 g/mol. The summed E-state index contributed by atoms with van der Waals surface area (Å²) in [5.41, 5.74) is 1.71. The number of hydrogen-bond acceptors (Lipinski definition) is 4. The lowest BCUT2D eigenvalue weighted by atomic mass is 9.82. The second kappa shape index (κ2) is 4.83. The Balaban J connectivity index is 2.46. The Kier molecular flexibility index (Phi) is 3.52. The van der Waals surface area contributed by atoms with Crippen LogP contribution < -0.4 is 11.1 Å². The topological polar surface area (TPSA) is 67.4 Å². The van der Waals surface area contributed by atoms with Crippen LogP contribution in [0.25, 0.3) is 11.1 Å². The van der Waals surface area contributed by atoms with Crippen LogP contribution in [0.2, 0.25) is 0 Å². The van der Waals surface area contributed by atoms with Crippen LogP contribution in [-0.2, 0) is 7.05 Å². The zero-order chi connectivity index (χ0) is 14.2. The van der Waals surface area contributed by atoms with E-state index in [1.54, 1.807) is 19.2 Å². The van der Waals surface area contributed by atoms with Crippen molar-refractivity contribution in [3.05, 3.63) is 34.3 Å². The summed E-state index contributed by atoms with van der Waals surface area (Å²) in [7, 11) is 3.51. The Morgan fingerprint density at radius 1 is 1.47 bits per heavy atom. The maximum Gasteiger partial charge on any atom is 0.419 e. The van der Waals surface area contributed by atoms with Crippen LogP contribution in [0.15, 0.2) is 27.4 Å². The number of rotatable bonds is 4. The normalized spacial score (nSPS) is 13.9. The molecule has 0 saturated carbocycles. The smallest absolute Gasteiger partial charge is 0.408 e. The van der Waals surface area contributed by atoms with Gasteiger partial charge in [-0.3, -0.25) is 4.57 Å². The van der Waals surface area contributed by atoms with Gasteiger partial charge in [-0.05, 0) is 24.7 Å². The monoisotopic (exact) mass is 264 g/mol. The molecule has 2 rings (SSSR count). The van der Waals surface area contributed by atoms with Gasteiger partial charge in [-0.15, -0.1) is 0 Å². The molecule has 0 spiro atoms. The fraction of sp³-hybridized carbons (Fsp3) is 0.500. The Hall–Kier alpha value is -1.59. The number of nitrogens with zero attached hydrogens (tertiary/aromatic N) is 1. The first-order valence-corrected chi connectivity index (χ1v) is 6.29. The number of aryl methyl sites for hydroxylation is 1. The summed E-state index contributed by atoms with van der Waals surface area (Å²) in [6.07, 6.45) is -0.616. The molecule has 0 aliphatic carbocycles. The lowest BCUT2D eigenvalue weighted by Crippen LogP contribution is -2.32. The molecule has 0 saturated heterocycles. The molecule has 104 valence electrons. The zero-order valence-electron chi connectivity index (χ0n) is 11.7. The number of aliphatic hydroxyl groups excluding tert-OH is 1. The summed E-state index contributed by atoms with van der Waals surface area (Å²) in [6, 6.07) is 5.33. The van der Waals surface area contributed by atoms with Crippen molar-refractivity contribution in [3.8, 4) is 0 Å². The van der Waals surface area contributed by atoms with Gasteiger partial charge in [0.25, 0.3) is 0 Å². The quantitative estimate of drug-likeness (QED) is 0.876. The van der Waals surface area contributed by atoms with Crippen molar-refractivity contribution in [3.63, 3.8) is 0 Å². The Bertz CT molecular complexity index is 640. The minimum Gasteiger partial charge on any atom is -0.408 e. The molecule has 5 heteroatoms. The standard InChI is InChI=1S/C14H20N2O3/c1-14(2,8-15-3)12(17)9-5-6-11-10(7-9)16(4)13(18)19-11/h5-7,12,15,17H,8H2,1-4H3. The number of fused-ring (bicyclic) bond motifs is 1. The van der Waals surface area contributed by atoms with Crippen molar-refractivity contribution in [2.75, 3.05) is 13.6 Å². The minimum absolute atomic E-state index is 0.301. The van der Waals surface area contributed by atoms with Crippen molar-refractivity contribution in [1.29, 1.82) is 0 Å². The molecule has 19 heavy (non-hydrogen) atoms. The maximum absolute atomic E-state index is 11.4. The number of aromatic nitrogens is 1. The van der Waals surface area contributed by atoms with Gasteiger partial charge in [0.1, 0.15) is 0 Å². The first-order valence-electron chi connectivity index (χ1n) is 6.29. The maximum atomic E-state index is 11.4. The lowest BCUT2D eigenvalue weighted by molar-refractivity contribution is 0.0507. The second-order valence-corrected chi connectivity index (χ2v) is 5.58. The number of nitrogens with one attached hydrogen (secondary N) is 1. The van der Waals surface area contributed by atoms with Gasteiger partial charge in [0.15, 0.2) is 5.58 Å². The highest BCUT2D eigenvalue weighted by Crippen LogP contribution is 2.33. The molecule has 0 fully saturated rings. The fourth-order valence-electron chi connectivity index (χ4n) is 2.32. The Morgan fingerprint density at radius 3 is 2.79 bits per heavy atom. The molecule has 0 amide bonds. The zero-order valence-corrected chi connectivity index (χ0v) is 11.7. The second-order valence-electron chi connectivity index (χ2n) is 5.58. The highest BCUT2D eigenvalue weighted by atomic mass is 16.4. The van der Waals surface area contributed by atoms with Crippen LogP contribution in [0.5, 0.6) is 0 Å². The van der Waals surface area contributed by atoms with E-state index in [0.29, 0.717) is 17.6 Å². The largest absolute Gasteiger partial charge is 0.419 e. The van der Waals surface area contributed by atoms with Gasteiger partial charge in [-0.25, -0.2) is 4.79 Å². The summed E-state index contributed by atoms with van der Waals surface area (Å²) < 4.78 is 6.52.